The standard InChI is InChI=1S/C7H11NO3/c1-5-4-8(7(10)11)3-2-6(5)9/h5H,2-4H2,1H3,(H,10,11)/t5-/m0/s1. The SMILES string of the molecule is C[C@H]1CN(C(=O)O)CCC1=O. The van der Waals surface area contributed by atoms with Gasteiger partial charge in [0.25, 0.3) is 0 Å². The lowest BCUT2D eigenvalue weighted by molar-refractivity contribution is -0.125. The highest BCUT2D eigenvalue weighted by Crippen LogP contribution is 2.11. The van der Waals surface area contributed by atoms with Crippen LogP contribution in [0.3, 0.4) is 0 Å². The van der Waals surface area contributed by atoms with Crippen molar-refractivity contribution >= 4 is 11.9 Å². The van der Waals surface area contributed by atoms with E-state index in [-0.39, 0.29) is 11.7 Å². The molecule has 0 aromatic heterocycles. The molecule has 1 rings (SSSR count). The molecule has 0 aliphatic carbocycles. The molecule has 0 saturated carbocycles. The Morgan fingerprint density at radius 2 is 2.36 bits per heavy atom. The summed E-state index contributed by atoms with van der Waals surface area (Å²) < 4.78 is 0. The molecule has 1 saturated heterocycles. The first-order valence-electron chi connectivity index (χ1n) is 3.62. The zero-order chi connectivity index (χ0) is 8.43. The van der Waals surface area contributed by atoms with Crippen LogP contribution in [0.15, 0.2) is 0 Å². The quantitative estimate of drug-likeness (QED) is 0.559. The highest BCUT2D eigenvalue weighted by atomic mass is 16.4. The van der Waals surface area contributed by atoms with Gasteiger partial charge in [-0.05, 0) is 0 Å². The fourth-order valence-electron chi connectivity index (χ4n) is 1.19. The van der Waals surface area contributed by atoms with Crippen LogP contribution in [-0.2, 0) is 4.79 Å². The smallest absolute Gasteiger partial charge is 0.407 e. The second kappa shape index (κ2) is 2.90. The minimum atomic E-state index is -0.927. The molecule has 4 nitrogen and oxygen atoms in total. The first-order valence-corrected chi connectivity index (χ1v) is 3.62. The van der Waals surface area contributed by atoms with Crippen molar-refractivity contribution in [2.45, 2.75) is 13.3 Å². The Labute approximate surface area is 64.8 Å². The van der Waals surface area contributed by atoms with Crippen molar-refractivity contribution in [3.05, 3.63) is 0 Å². The minimum Gasteiger partial charge on any atom is -0.465 e. The topological polar surface area (TPSA) is 57.6 Å². The summed E-state index contributed by atoms with van der Waals surface area (Å²) in [6, 6.07) is 0. The van der Waals surface area contributed by atoms with Crippen molar-refractivity contribution < 1.29 is 14.7 Å². The van der Waals surface area contributed by atoms with E-state index in [1.807, 2.05) is 0 Å². The number of carboxylic acid groups (broad SMARTS) is 1. The largest absolute Gasteiger partial charge is 0.465 e. The maximum absolute atomic E-state index is 10.9. The number of nitrogens with zero attached hydrogens (tertiary/aromatic N) is 1. The maximum Gasteiger partial charge on any atom is 0.407 e. The van der Waals surface area contributed by atoms with Crippen LogP contribution in [0.25, 0.3) is 0 Å². The van der Waals surface area contributed by atoms with E-state index in [1.54, 1.807) is 6.92 Å². The van der Waals surface area contributed by atoms with Crippen molar-refractivity contribution in [3.63, 3.8) is 0 Å². The fourth-order valence-corrected chi connectivity index (χ4v) is 1.19. The highest BCUT2D eigenvalue weighted by Gasteiger charge is 2.25. The highest BCUT2D eigenvalue weighted by molar-refractivity contribution is 5.83. The third-order valence-corrected chi connectivity index (χ3v) is 1.94. The normalized spacial score (nSPS) is 25.4. The third kappa shape index (κ3) is 1.69. The van der Waals surface area contributed by atoms with E-state index >= 15 is 0 Å². The van der Waals surface area contributed by atoms with E-state index in [9.17, 15) is 9.59 Å². The van der Waals surface area contributed by atoms with Crippen LogP contribution < -0.4 is 0 Å². The molecule has 1 fully saturated rings. The van der Waals surface area contributed by atoms with Crippen LogP contribution in [0.2, 0.25) is 0 Å². The molecule has 1 heterocycles. The van der Waals surface area contributed by atoms with Crippen LogP contribution in [0.4, 0.5) is 4.79 Å². The van der Waals surface area contributed by atoms with Crippen LogP contribution in [0.1, 0.15) is 13.3 Å². The second-order valence-corrected chi connectivity index (χ2v) is 2.85. The summed E-state index contributed by atoms with van der Waals surface area (Å²) >= 11 is 0. The molecule has 1 atom stereocenters. The average Bonchev–Trinajstić information content (AvgIpc) is 1.94. The molecule has 0 spiro atoms. The van der Waals surface area contributed by atoms with E-state index in [0.717, 1.165) is 0 Å². The Morgan fingerprint density at radius 1 is 1.73 bits per heavy atom. The molecule has 0 unspecified atom stereocenters. The Morgan fingerprint density at radius 3 is 2.82 bits per heavy atom. The summed E-state index contributed by atoms with van der Waals surface area (Å²) in [6.07, 6.45) is -0.558. The number of Topliss-reactive ketones (excluding diaryl/α,β-unsaturated/α-hetero) is 1. The molecular formula is C7H11NO3. The summed E-state index contributed by atoms with van der Waals surface area (Å²) in [5, 5.41) is 8.56. The predicted octanol–water partition coefficient (Wildman–Crippen LogP) is 0.575. The number of carbonyl (C=O) groups is 2. The van der Waals surface area contributed by atoms with Gasteiger partial charge in [-0.3, -0.25) is 4.79 Å². The Hall–Kier alpha value is -1.06. The monoisotopic (exact) mass is 157 g/mol. The van der Waals surface area contributed by atoms with Crippen LogP contribution in [-0.4, -0.2) is 35.0 Å². The van der Waals surface area contributed by atoms with Gasteiger partial charge in [-0.2, -0.15) is 0 Å². The van der Waals surface area contributed by atoms with Gasteiger partial charge in [0.1, 0.15) is 5.78 Å². The van der Waals surface area contributed by atoms with Crippen LogP contribution >= 0.6 is 0 Å². The van der Waals surface area contributed by atoms with Gasteiger partial charge in [0.2, 0.25) is 0 Å². The van der Waals surface area contributed by atoms with E-state index in [4.69, 9.17) is 5.11 Å². The second-order valence-electron chi connectivity index (χ2n) is 2.85. The number of hydrogen-bond donors (Lipinski definition) is 1. The van der Waals surface area contributed by atoms with Crippen molar-refractivity contribution in [1.29, 1.82) is 0 Å². The van der Waals surface area contributed by atoms with E-state index in [0.29, 0.717) is 19.5 Å². The Balaban J connectivity index is 2.52. The lowest BCUT2D eigenvalue weighted by atomic mass is 9.99. The van der Waals surface area contributed by atoms with Gasteiger partial charge in [-0.15, -0.1) is 0 Å². The molecule has 1 aliphatic rings. The fraction of sp³-hybridized carbons (Fsp3) is 0.714. The molecule has 0 aromatic rings. The van der Waals surface area contributed by atoms with Crippen molar-refractivity contribution in [3.8, 4) is 0 Å². The minimum absolute atomic E-state index is 0.125. The number of carbonyl (C=O) groups excluding carboxylic acids is 1. The molecule has 62 valence electrons. The average molecular weight is 157 g/mol. The third-order valence-electron chi connectivity index (χ3n) is 1.94. The molecule has 11 heavy (non-hydrogen) atoms. The van der Waals surface area contributed by atoms with Crippen LogP contribution in [0.5, 0.6) is 0 Å². The van der Waals surface area contributed by atoms with Crippen molar-refractivity contribution in [2.75, 3.05) is 13.1 Å². The van der Waals surface area contributed by atoms with E-state index in [2.05, 4.69) is 0 Å². The summed E-state index contributed by atoms with van der Waals surface area (Å²) in [7, 11) is 0. The maximum atomic E-state index is 10.9. The van der Waals surface area contributed by atoms with Gasteiger partial charge in [-0.25, -0.2) is 4.79 Å². The summed E-state index contributed by atoms with van der Waals surface area (Å²) in [4.78, 5) is 22.6. The Kier molecular flexibility index (Phi) is 2.12. The summed E-state index contributed by atoms with van der Waals surface area (Å²) in [6.45, 7) is 2.48. The molecule has 0 aromatic carbocycles. The zero-order valence-corrected chi connectivity index (χ0v) is 6.41. The number of ketones is 1. The Bertz CT molecular complexity index is 190. The number of hydrogen-bond acceptors (Lipinski definition) is 2. The lowest BCUT2D eigenvalue weighted by Gasteiger charge is -2.27. The van der Waals surface area contributed by atoms with Gasteiger partial charge >= 0.3 is 6.09 Å². The molecule has 0 bridgehead atoms. The van der Waals surface area contributed by atoms with Crippen LogP contribution in [0, 0.1) is 5.92 Å². The zero-order valence-electron chi connectivity index (χ0n) is 6.41. The number of likely N-dealkylation sites (tertiary alicyclic amines) is 1. The van der Waals surface area contributed by atoms with Gasteiger partial charge in [0, 0.05) is 25.4 Å². The predicted molar refractivity (Wildman–Crippen MR) is 38.4 cm³/mol. The van der Waals surface area contributed by atoms with Crippen molar-refractivity contribution in [2.24, 2.45) is 5.92 Å². The summed E-state index contributed by atoms with van der Waals surface area (Å²) in [5.41, 5.74) is 0. The molecule has 0 radical (unpaired) electrons. The van der Waals surface area contributed by atoms with Gasteiger partial charge < -0.3 is 10.0 Å². The molecule has 4 heteroatoms. The number of amides is 1. The van der Waals surface area contributed by atoms with Gasteiger partial charge in [0.15, 0.2) is 0 Å². The first-order chi connectivity index (χ1) is 5.11. The van der Waals surface area contributed by atoms with Gasteiger partial charge in [0.05, 0.1) is 0 Å². The lowest BCUT2D eigenvalue weighted by Crippen LogP contribution is -2.42. The molecule has 1 aliphatic heterocycles. The molecule has 1 N–H and O–H groups in total. The first kappa shape index (κ1) is 8.04. The molecular weight excluding hydrogens is 146 g/mol. The van der Waals surface area contributed by atoms with Crippen molar-refractivity contribution in [1.82, 2.24) is 4.90 Å². The molecule has 1 amide bonds. The number of rotatable bonds is 0. The van der Waals surface area contributed by atoms with E-state index < -0.39 is 6.09 Å². The van der Waals surface area contributed by atoms with Gasteiger partial charge in [-0.1, -0.05) is 6.92 Å². The number of piperidine rings is 1. The summed E-state index contributed by atoms with van der Waals surface area (Å²) in [5.74, 6) is 0.0438. The van der Waals surface area contributed by atoms with E-state index in [1.165, 1.54) is 4.90 Å².